The van der Waals surface area contributed by atoms with Crippen LogP contribution in [-0.4, -0.2) is 47.4 Å². The van der Waals surface area contributed by atoms with Crippen LogP contribution in [0.3, 0.4) is 0 Å². The van der Waals surface area contributed by atoms with Crippen molar-refractivity contribution < 1.29 is 4.79 Å². The van der Waals surface area contributed by atoms with E-state index < -0.39 is 0 Å². The normalized spacial score (nSPS) is 15.1. The van der Waals surface area contributed by atoms with Gasteiger partial charge in [0.25, 0.3) is 0 Å². The molecule has 0 atom stereocenters. The average Bonchev–Trinajstić information content (AvgIpc) is 2.56. The zero-order valence-electron chi connectivity index (χ0n) is 11.9. The molecular formula is C15H17N5O. The van der Waals surface area contributed by atoms with Crippen LogP contribution in [0.15, 0.2) is 30.7 Å². The minimum atomic E-state index is 0.618. The SMILES string of the molecule is Cc1cc(C=O)cnc1N1CCN(c2ncccn2)CC1. The first-order chi connectivity index (χ1) is 10.3. The highest BCUT2D eigenvalue weighted by atomic mass is 16.1. The summed E-state index contributed by atoms with van der Waals surface area (Å²) in [4.78, 5) is 28.2. The molecule has 0 unspecified atom stereocenters. The smallest absolute Gasteiger partial charge is 0.225 e. The van der Waals surface area contributed by atoms with Crippen molar-refractivity contribution in [2.24, 2.45) is 0 Å². The third-order valence-corrected chi connectivity index (χ3v) is 3.62. The van der Waals surface area contributed by atoms with Crippen molar-refractivity contribution in [3.8, 4) is 0 Å². The number of carbonyl (C=O) groups is 1. The minimum absolute atomic E-state index is 0.618. The van der Waals surface area contributed by atoms with E-state index in [0.29, 0.717) is 5.56 Å². The van der Waals surface area contributed by atoms with Gasteiger partial charge in [-0.05, 0) is 24.6 Å². The van der Waals surface area contributed by atoms with E-state index in [-0.39, 0.29) is 0 Å². The number of pyridine rings is 1. The van der Waals surface area contributed by atoms with Gasteiger partial charge in [-0.3, -0.25) is 4.79 Å². The fourth-order valence-corrected chi connectivity index (χ4v) is 2.56. The first-order valence-corrected chi connectivity index (χ1v) is 6.96. The van der Waals surface area contributed by atoms with Gasteiger partial charge in [0.15, 0.2) is 6.29 Å². The Balaban J connectivity index is 1.70. The van der Waals surface area contributed by atoms with Crippen LogP contribution in [0.4, 0.5) is 11.8 Å². The van der Waals surface area contributed by atoms with Crippen LogP contribution in [0.5, 0.6) is 0 Å². The molecule has 2 aromatic rings. The van der Waals surface area contributed by atoms with Crippen molar-refractivity contribution in [1.82, 2.24) is 15.0 Å². The molecular weight excluding hydrogens is 266 g/mol. The Labute approximate surface area is 123 Å². The molecule has 1 aliphatic heterocycles. The molecule has 0 aliphatic carbocycles. The van der Waals surface area contributed by atoms with Gasteiger partial charge in [-0.2, -0.15) is 0 Å². The van der Waals surface area contributed by atoms with Crippen molar-refractivity contribution in [3.05, 3.63) is 41.9 Å². The fourth-order valence-electron chi connectivity index (χ4n) is 2.56. The molecule has 6 nitrogen and oxygen atoms in total. The second-order valence-corrected chi connectivity index (χ2v) is 5.05. The van der Waals surface area contributed by atoms with E-state index in [2.05, 4.69) is 24.8 Å². The van der Waals surface area contributed by atoms with E-state index in [9.17, 15) is 4.79 Å². The second kappa shape index (κ2) is 5.87. The predicted octanol–water partition coefficient (Wildman–Crippen LogP) is 1.32. The number of carbonyl (C=O) groups excluding carboxylic acids is 1. The summed E-state index contributed by atoms with van der Waals surface area (Å²) in [6.07, 6.45) is 5.98. The van der Waals surface area contributed by atoms with E-state index in [1.165, 1.54) is 0 Å². The number of hydrogen-bond donors (Lipinski definition) is 0. The lowest BCUT2D eigenvalue weighted by molar-refractivity contribution is 0.112. The van der Waals surface area contributed by atoms with Gasteiger partial charge >= 0.3 is 0 Å². The van der Waals surface area contributed by atoms with Gasteiger partial charge in [0.05, 0.1) is 0 Å². The first-order valence-electron chi connectivity index (χ1n) is 6.96. The maximum atomic E-state index is 10.8. The fraction of sp³-hybridized carbons (Fsp3) is 0.333. The highest BCUT2D eigenvalue weighted by Crippen LogP contribution is 2.20. The number of aryl methyl sites for hydroxylation is 1. The number of nitrogens with zero attached hydrogens (tertiary/aromatic N) is 5. The monoisotopic (exact) mass is 283 g/mol. The van der Waals surface area contributed by atoms with Crippen molar-refractivity contribution in [2.75, 3.05) is 36.0 Å². The summed E-state index contributed by atoms with van der Waals surface area (Å²) < 4.78 is 0. The minimum Gasteiger partial charge on any atom is -0.353 e. The van der Waals surface area contributed by atoms with E-state index in [4.69, 9.17) is 0 Å². The van der Waals surface area contributed by atoms with Crippen LogP contribution < -0.4 is 9.80 Å². The summed E-state index contributed by atoms with van der Waals surface area (Å²) in [7, 11) is 0. The molecule has 1 aliphatic rings. The summed E-state index contributed by atoms with van der Waals surface area (Å²) in [5.74, 6) is 1.73. The van der Waals surface area contributed by atoms with Gasteiger partial charge in [0.2, 0.25) is 5.95 Å². The molecule has 0 N–H and O–H groups in total. The maximum Gasteiger partial charge on any atom is 0.225 e. The third-order valence-electron chi connectivity index (χ3n) is 3.62. The molecule has 108 valence electrons. The van der Waals surface area contributed by atoms with Gasteiger partial charge < -0.3 is 9.80 Å². The van der Waals surface area contributed by atoms with E-state index in [1.54, 1.807) is 18.6 Å². The summed E-state index contributed by atoms with van der Waals surface area (Å²) >= 11 is 0. The second-order valence-electron chi connectivity index (χ2n) is 5.05. The van der Waals surface area contributed by atoms with E-state index >= 15 is 0 Å². The molecule has 0 radical (unpaired) electrons. The summed E-state index contributed by atoms with van der Waals surface area (Å²) in [5.41, 5.74) is 1.65. The highest BCUT2D eigenvalue weighted by Gasteiger charge is 2.20. The summed E-state index contributed by atoms with van der Waals surface area (Å²) in [6.45, 7) is 5.45. The van der Waals surface area contributed by atoms with Crippen molar-refractivity contribution in [1.29, 1.82) is 0 Å². The average molecular weight is 283 g/mol. The number of aldehydes is 1. The number of hydrogen-bond acceptors (Lipinski definition) is 6. The topological polar surface area (TPSA) is 62.2 Å². The van der Waals surface area contributed by atoms with Crippen LogP contribution in [0.25, 0.3) is 0 Å². The van der Waals surface area contributed by atoms with E-state index in [0.717, 1.165) is 49.8 Å². The molecule has 1 fully saturated rings. The summed E-state index contributed by atoms with van der Waals surface area (Å²) in [5, 5.41) is 0. The Morgan fingerprint density at radius 3 is 2.33 bits per heavy atom. The number of aromatic nitrogens is 3. The lowest BCUT2D eigenvalue weighted by Gasteiger charge is -2.35. The molecule has 6 heteroatoms. The Bertz CT molecular complexity index is 623. The quantitative estimate of drug-likeness (QED) is 0.792. The number of rotatable bonds is 3. The predicted molar refractivity (Wildman–Crippen MR) is 80.8 cm³/mol. The van der Waals surface area contributed by atoms with E-state index in [1.807, 2.05) is 19.1 Å². The highest BCUT2D eigenvalue weighted by molar-refractivity contribution is 5.75. The largest absolute Gasteiger partial charge is 0.353 e. The van der Waals surface area contributed by atoms with Crippen LogP contribution in [0.1, 0.15) is 15.9 Å². The number of piperazine rings is 1. The number of anilines is 2. The Morgan fingerprint density at radius 2 is 1.71 bits per heavy atom. The lowest BCUT2D eigenvalue weighted by Crippen LogP contribution is -2.47. The van der Waals surface area contributed by atoms with Crippen LogP contribution in [0.2, 0.25) is 0 Å². The molecule has 0 bridgehead atoms. The van der Waals surface area contributed by atoms with Gasteiger partial charge in [0, 0.05) is 50.3 Å². The molecule has 3 rings (SSSR count). The van der Waals surface area contributed by atoms with Gasteiger partial charge in [-0.15, -0.1) is 0 Å². The molecule has 0 aromatic carbocycles. The first kappa shape index (κ1) is 13.5. The van der Waals surface area contributed by atoms with Crippen LogP contribution in [-0.2, 0) is 0 Å². The molecule has 21 heavy (non-hydrogen) atoms. The lowest BCUT2D eigenvalue weighted by atomic mass is 10.2. The molecule has 3 heterocycles. The van der Waals surface area contributed by atoms with Crippen molar-refractivity contribution in [2.45, 2.75) is 6.92 Å². The van der Waals surface area contributed by atoms with Crippen LogP contribution in [0, 0.1) is 6.92 Å². The standard InChI is InChI=1S/C15H17N5O/c1-12-9-13(11-21)10-18-14(12)19-5-7-20(8-6-19)15-16-3-2-4-17-15/h2-4,9-11H,5-8H2,1H3. The summed E-state index contributed by atoms with van der Waals surface area (Å²) in [6, 6.07) is 3.70. The zero-order chi connectivity index (χ0) is 14.7. The van der Waals surface area contributed by atoms with Gasteiger partial charge in [0.1, 0.15) is 5.82 Å². The third kappa shape index (κ3) is 2.84. The van der Waals surface area contributed by atoms with Gasteiger partial charge in [-0.25, -0.2) is 15.0 Å². The van der Waals surface area contributed by atoms with Crippen molar-refractivity contribution in [3.63, 3.8) is 0 Å². The molecule has 0 amide bonds. The molecule has 2 aromatic heterocycles. The Kier molecular flexibility index (Phi) is 3.77. The van der Waals surface area contributed by atoms with Crippen LogP contribution >= 0.6 is 0 Å². The zero-order valence-corrected chi connectivity index (χ0v) is 11.9. The van der Waals surface area contributed by atoms with Crippen molar-refractivity contribution >= 4 is 18.1 Å². The Morgan fingerprint density at radius 1 is 1.05 bits per heavy atom. The molecule has 0 spiro atoms. The molecule has 0 saturated carbocycles. The molecule has 1 saturated heterocycles. The maximum absolute atomic E-state index is 10.8. The van der Waals surface area contributed by atoms with Gasteiger partial charge in [-0.1, -0.05) is 0 Å². The Hall–Kier alpha value is -2.50.